The van der Waals surface area contributed by atoms with Crippen molar-refractivity contribution in [3.8, 4) is 0 Å². The van der Waals surface area contributed by atoms with Gasteiger partial charge in [-0.15, -0.1) is 0 Å². The fourth-order valence-electron chi connectivity index (χ4n) is 1.92. The quantitative estimate of drug-likeness (QED) is 0.831. The number of anilines is 1. The fourth-order valence-corrected chi connectivity index (χ4v) is 1.92. The van der Waals surface area contributed by atoms with E-state index in [2.05, 4.69) is 0 Å². The lowest BCUT2D eigenvalue weighted by Crippen LogP contribution is -2.35. The zero-order chi connectivity index (χ0) is 14.6. The van der Waals surface area contributed by atoms with E-state index in [1.54, 1.807) is 6.92 Å². The van der Waals surface area contributed by atoms with E-state index in [9.17, 15) is 22.7 Å². The molecule has 2 nitrogen and oxygen atoms in total. The van der Waals surface area contributed by atoms with Crippen LogP contribution in [-0.4, -0.2) is 24.4 Å². The third-order valence-electron chi connectivity index (χ3n) is 2.64. The standard InChI is InChI=1S/C13H17F4NO/c1-3-6-18(8-13(15,16)17)12-5-4-10(14)7-11(12)9(2)19/h4-5,7,9,19H,3,6,8H2,1-2H3/t9-/m0/s1. The molecule has 0 saturated carbocycles. The van der Waals surface area contributed by atoms with Crippen molar-refractivity contribution in [1.29, 1.82) is 0 Å². The maximum atomic E-state index is 13.1. The molecule has 0 aliphatic carbocycles. The summed E-state index contributed by atoms with van der Waals surface area (Å²) in [4.78, 5) is 1.11. The Morgan fingerprint density at radius 3 is 2.42 bits per heavy atom. The Hall–Kier alpha value is -1.30. The Morgan fingerprint density at radius 2 is 1.95 bits per heavy atom. The molecule has 19 heavy (non-hydrogen) atoms. The van der Waals surface area contributed by atoms with Crippen molar-refractivity contribution in [2.45, 2.75) is 32.5 Å². The zero-order valence-electron chi connectivity index (χ0n) is 10.8. The van der Waals surface area contributed by atoms with Crippen molar-refractivity contribution >= 4 is 5.69 Å². The van der Waals surface area contributed by atoms with Crippen LogP contribution in [0.25, 0.3) is 0 Å². The Morgan fingerprint density at radius 1 is 1.32 bits per heavy atom. The first kappa shape index (κ1) is 15.8. The van der Waals surface area contributed by atoms with Gasteiger partial charge < -0.3 is 10.0 Å². The summed E-state index contributed by atoms with van der Waals surface area (Å²) >= 11 is 0. The Labute approximate surface area is 109 Å². The molecule has 1 aromatic carbocycles. The smallest absolute Gasteiger partial charge is 0.389 e. The van der Waals surface area contributed by atoms with E-state index < -0.39 is 24.6 Å². The number of nitrogens with zero attached hydrogens (tertiary/aromatic N) is 1. The second-order valence-electron chi connectivity index (χ2n) is 4.42. The fraction of sp³-hybridized carbons (Fsp3) is 0.538. The SMILES string of the molecule is CCCN(CC(F)(F)F)c1ccc(F)cc1[C@H](C)O. The highest BCUT2D eigenvalue weighted by atomic mass is 19.4. The molecule has 0 spiro atoms. The van der Waals surface area contributed by atoms with Crippen molar-refractivity contribution < 1.29 is 22.7 Å². The second kappa shape index (κ2) is 6.23. The monoisotopic (exact) mass is 279 g/mol. The van der Waals surface area contributed by atoms with Crippen LogP contribution in [0.1, 0.15) is 31.9 Å². The van der Waals surface area contributed by atoms with E-state index in [0.29, 0.717) is 6.42 Å². The second-order valence-corrected chi connectivity index (χ2v) is 4.42. The third-order valence-corrected chi connectivity index (χ3v) is 2.64. The Kier molecular flexibility index (Phi) is 5.17. The summed E-state index contributed by atoms with van der Waals surface area (Å²) in [7, 11) is 0. The van der Waals surface area contributed by atoms with Gasteiger partial charge in [0.15, 0.2) is 0 Å². The van der Waals surface area contributed by atoms with Gasteiger partial charge in [-0.1, -0.05) is 6.92 Å². The van der Waals surface area contributed by atoms with Gasteiger partial charge in [-0.2, -0.15) is 13.2 Å². The summed E-state index contributed by atoms with van der Waals surface area (Å²) in [5.74, 6) is -0.580. The summed E-state index contributed by atoms with van der Waals surface area (Å²) < 4.78 is 50.8. The summed E-state index contributed by atoms with van der Waals surface area (Å²) in [5, 5.41) is 9.57. The van der Waals surface area contributed by atoms with Gasteiger partial charge in [-0.05, 0) is 31.5 Å². The van der Waals surface area contributed by atoms with Gasteiger partial charge in [-0.3, -0.25) is 0 Å². The molecule has 0 radical (unpaired) electrons. The lowest BCUT2D eigenvalue weighted by atomic mass is 10.1. The molecule has 108 valence electrons. The molecule has 1 aromatic rings. The highest BCUT2D eigenvalue weighted by molar-refractivity contribution is 5.55. The van der Waals surface area contributed by atoms with Crippen molar-refractivity contribution in [1.82, 2.24) is 0 Å². The number of aliphatic hydroxyl groups is 1. The molecule has 0 unspecified atom stereocenters. The Balaban J connectivity index is 3.14. The van der Waals surface area contributed by atoms with E-state index in [-0.39, 0.29) is 17.8 Å². The lowest BCUT2D eigenvalue weighted by molar-refractivity contribution is -0.119. The van der Waals surface area contributed by atoms with Gasteiger partial charge in [-0.25, -0.2) is 4.39 Å². The van der Waals surface area contributed by atoms with Gasteiger partial charge in [0.25, 0.3) is 0 Å². The first-order valence-electron chi connectivity index (χ1n) is 6.03. The van der Waals surface area contributed by atoms with E-state index >= 15 is 0 Å². The van der Waals surface area contributed by atoms with Crippen molar-refractivity contribution in [2.75, 3.05) is 18.0 Å². The summed E-state index contributed by atoms with van der Waals surface area (Å²) in [6.45, 7) is 2.22. The number of halogens is 4. The van der Waals surface area contributed by atoms with Crippen LogP contribution in [0.5, 0.6) is 0 Å². The molecule has 1 N–H and O–H groups in total. The van der Waals surface area contributed by atoms with Gasteiger partial charge in [0.1, 0.15) is 12.4 Å². The first-order valence-corrected chi connectivity index (χ1v) is 6.03. The number of alkyl halides is 3. The molecule has 0 bridgehead atoms. The van der Waals surface area contributed by atoms with Gasteiger partial charge in [0.05, 0.1) is 6.10 Å². The van der Waals surface area contributed by atoms with Crippen LogP contribution >= 0.6 is 0 Å². The molecule has 0 fully saturated rings. The van der Waals surface area contributed by atoms with Crippen LogP contribution in [0, 0.1) is 5.82 Å². The topological polar surface area (TPSA) is 23.5 Å². The normalized spacial score (nSPS) is 13.4. The number of benzene rings is 1. The highest BCUT2D eigenvalue weighted by Gasteiger charge is 2.31. The number of hydrogen-bond donors (Lipinski definition) is 1. The van der Waals surface area contributed by atoms with Gasteiger partial charge in [0, 0.05) is 17.8 Å². The average molecular weight is 279 g/mol. The van der Waals surface area contributed by atoms with E-state index in [1.165, 1.54) is 13.0 Å². The molecule has 0 amide bonds. The lowest BCUT2D eigenvalue weighted by Gasteiger charge is -2.28. The van der Waals surface area contributed by atoms with Gasteiger partial charge in [0.2, 0.25) is 0 Å². The van der Waals surface area contributed by atoms with Crippen LogP contribution in [0.4, 0.5) is 23.2 Å². The largest absolute Gasteiger partial charge is 0.405 e. The van der Waals surface area contributed by atoms with Gasteiger partial charge >= 0.3 is 6.18 Å². The Bertz CT molecular complexity index is 418. The zero-order valence-corrected chi connectivity index (χ0v) is 10.8. The number of aliphatic hydroxyl groups excluding tert-OH is 1. The molecule has 1 atom stereocenters. The van der Waals surface area contributed by atoms with Crippen LogP contribution < -0.4 is 4.90 Å². The van der Waals surface area contributed by atoms with Crippen LogP contribution in [0.3, 0.4) is 0 Å². The van der Waals surface area contributed by atoms with Crippen LogP contribution in [0.15, 0.2) is 18.2 Å². The molecule has 0 aliphatic heterocycles. The van der Waals surface area contributed by atoms with E-state index in [0.717, 1.165) is 17.0 Å². The molecule has 0 heterocycles. The van der Waals surface area contributed by atoms with E-state index in [4.69, 9.17) is 0 Å². The van der Waals surface area contributed by atoms with E-state index in [1.807, 2.05) is 0 Å². The molecular formula is C13H17F4NO. The molecular weight excluding hydrogens is 262 g/mol. The predicted octanol–water partition coefficient (Wildman–Crippen LogP) is 3.66. The first-order chi connectivity index (χ1) is 8.74. The molecule has 0 aliphatic rings. The maximum Gasteiger partial charge on any atom is 0.405 e. The summed E-state index contributed by atoms with van der Waals surface area (Å²) in [6, 6.07) is 3.44. The minimum absolute atomic E-state index is 0.165. The minimum atomic E-state index is -4.35. The number of rotatable bonds is 5. The number of hydrogen-bond acceptors (Lipinski definition) is 2. The van der Waals surface area contributed by atoms with Crippen LogP contribution in [-0.2, 0) is 0 Å². The minimum Gasteiger partial charge on any atom is -0.389 e. The molecule has 1 rings (SSSR count). The average Bonchev–Trinajstić information content (AvgIpc) is 2.26. The van der Waals surface area contributed by atoms with Crippen molar-refractivity contribution in [3.63, 3.8) is 0 Å². The predicted molar refractivity (Wildman–Crippen MR) is 65.6 cm³/mol. The molecule has 6 heteroatoms. The summed E-state index contributed by atoms with van der Waals surface area (Å²) in [5.41, 5.74) is 0.383. The molecule has 0 saturated heterocycles. The molecule has 0 aromatic heterocycles. The maximum absolute atomic E-state index is 13.1. The van der Waals surface area contributed by atoms with Crippen molar-refractivity contribution in [2.24, 2.45) is 0 Å². The van der Waals surface area contributed by atoms with Crippen molar-refractivity contribution in [3.05, 3.63) is 29.6 Å². The third kappa shape index (κ3) is 4.70. The van der Waals surface area contributed by atoms with Crippen LogP contribution in [0.2, 0.25) is 0 Å². The summed E-state index contributed by atoms with van der Waals surface area (Å²) in [6.07, 6.45) is -4.86. The highest BCUT2D eigenvalue weighted by Crippen LogP contribution is 2.30.